The SMILES string of the molecule is O=c1c(Cl)c(N2CCCC(CN3CCOCC3)C2)cnn1-c1ccccc1. The Morgan fingerprint density at radius 1 is 1.15 bits per heavy atom. The van der Waals surface area contributed by atoms with Gasteiger partial charge < -0.3 is 9.64 Å². The zero-order valence-electron chi connectivity index (χ0n) is 15.4. The Hall–Kier alpha value is -1.89. The van der Waals surface area contributed by atoms with Crippen LogP contribution in [0.4, 0.5) is 5.69 Å². The van der Waals surface area contributed by atoms with Crippen molar-refractivity contribution in [3.05, 3.63) is 51.9 Å². The maximum absolute atomic E-state index is 12.8. The third kappa shape index (κ3) is 4.18. The Morgan fingerprint density at radius 2 is 1.93 bits per heavy atom. The normalized spacial score (nSPS) is 21.4. The fourth-order valence-corrected chi connectivity index (χ4v) is 4.23. The molecule has 1 unspecified atom stereocenters. The molecule has 0 spiro atoms. The van der Waals surface area contributed by atoms with Gasteiger partial charge in [-0.15, -0.1) is 0 Å². The molecule has 0 aliphatic carbocycles. The van der Waals surface area contributed by atoms with Crippen LogP contribution in [0.1, 0.15) is 12.8 Å². The number of para-hydroxylation sites is 1. The van der Waals surface area contributed by atoms with Gasteiger partial charge in [-0.1, -0.05) is 29.8 Å². The number of hydrogen-bond donors (Lipinski definition) is 0. The number of benzene rings is 1. The molecule has 2 saturated heterocycles. The monoisotopic (exact) mass is 388 g/mol. The molecule has 0 amide bonds. The summed E-state index contributed by atoms with van der Waals surface area (Å²) in [6.45, 7) is 6.56. The predicted octanol–water partition coefficient (Wildman–Crippen LogP) is 2.43. The molecule has 144 valence electrons. The zero-order chi connectivity index (χ0) is 18.6. The molecule has 1 aromatic heterocycles. The van der Waals surface area contributed by atoms with E-state index in [2.05, 4.69) is 14.9 Å². The lowest BCUT2D eigenvalue weighted by Crippen LogP contribution is -2.45. The van der Waals surface area contributed by atoms with Crippen LogP contribution in [-0.4, -0.2) is 60.6 Å². The van der Waals surface area contributed by atoms with Crippen molar-refractivity contribution in [3.63, 3.8) is 0 Å². The van der Waals surface area contributed by atoms with Gasteiger partial charge >= 0.3 is 0 Å². The van der Waals surface area contributed by atoms with Crippen LogP contribution < -0.4 is 10.5 Å². The molecule has 1 aromatic carbocycles. The Morgan fingerprint density at radius 3 is 2.70 bits per heavy atom. The van der Waals surface area contributed by atoms with E-state index in [0.29, 0.717) is 5.92 Å². The second-order valence-corrected chi connectivity index (χ2v) is 7.64. The summed E-state index contributed by atoms with van der Waals surface area (Å²) in [5, 5.41) is 4.63. The van der Waals surface area contributed by atoms with E-state index in [0.717, 1.165) is 63.7 Å². The van der Waals surface area contributed by atoms with E-state index in [4.69, 9.17) is 16.3 Å². The molecule has 7 heteroatoms. The number of aromatic nitrogens is 2. The van der Waals surface area contributed by atoms with Gasteiger partial charge in [0.25, 0.3) is 5.56 Å². The molecule has 0 radical (unpaired) electrons. The molecule has 0 bridgehead atoms. The maximum atomic E-state index is 12.8. The van der Waals surface area contributed by atoms with E-state index in [-0.39, 0.29) is 10.6 Å². The number of ether oxygens (including phenoxy) is 1. The minimum atomic E-state index is -0.268. The molecule has 2 aliphatic rings. The largest absolute Gasteiger partial charge is 0.379 e. The Balaban J connectivity index is 1.50. The van der Waals surface area contributed by atoms with Crippen molar-refractivity contribution < 1.29 is 4.74 Å². The third-order valence-corrected chi connectivity index (χ3v) is 5.74. The molecule has 2 aromatic rings. The van der Waals surface area contributed by atoms with E-state index in [1.165, 1.54) is 11.1 Å². The van der Waals surface area contributed by atoms with Crippen LogP contribution in [0.3, 0.4) is 0 Å². The van der Waals surface area contributed by atoms with Gasteiger partial charge in [0.1, 0.15) is 5.02 Å². The molecule has 27 heavy (non-hydrogen) atoms. The van der Waals surface area contributed by atoms with E-state index < -0.39 is 0 Å². The van der Waals surface area contributed by atoms with Crippen molar-refractivity contribution in [3.8, 4) is 5.69 Å². The average molecular weight is 389 g/mol. The molecular formula is C20H25ClN4O2. The third-order valence-electron chi connectivity index (χ3n) is 5.38. The molecule has 2 aliphatic heterocycles. The summed E-state index contributed by atoms with van der Waals surface area (Å²) in [5.41, 5.74) is 1.20. The van der Waals surface area contributed by atoms with Gasteiger partial charge in [-0.25, -0.2) is 0 Å². The van der Waals surface area contributed by atoms with Crippen molar-refractivity contribution in [1.82, 2.24) is 14.7 Å². The van der Waals surface area contributed by atoms with Crippen molar-refractivity contribution in [2.75, 3.05) is 50.8 Å². The lowest BCUT2D eigenvalue weighted by molar-refractivity contribution is 0.0296. The Bertz CT molecular complexity index is 820. The highest BCUT2D eigenvalue weighted by atomic mass is 35.5. The lowest BCUT2D eigenvalue weighted by Gasteiger charge is -2.37. The summed E-state index contributed by atoms with van der Waals surface area (Å²) < 4.78 is 6.80. The molecule has 2 fully saturated rings. The number of nitrogens with zero attached hydrogens (tertiary/aromatic N) is 4. The molecule has 0 saturated carbocycles. The van der Waals surface area contributed by atoms with Crippen LogP contribution in [0, 0.1) is 5.92 Å². The van der Waals surface area contributed by atoms with Crippen LogP contribution >= 0.6 is 11.6 Å². The second-order valence-electron chi connectivity index (χ2n) is 7.26. The smallest absolute Gasteiger partial charge is 0.292 e. The first kappa shape index (κ1) is 18.5. The fraction of sp³-hybridized carbons (Fsp3) is 0.500. The standard InChI is InChI=1S/C20H25ClN4O2/c21-19-18(13-22-25(20(19)26)17-6-2-1-3-7-17)24-8-4-5-16(15-24)14-23-9-11-27-12-10-23/h1-3,6-7,13,16H,4-5,8-12,14-15H2. The summed E-state index contributed by atoms with van der Waals surface area (Å²) in [6.07, 6.45) is 4.04. The maximum Gasteiger partial charge on any atom is 0.292 e. The van der Waals surface area contributed by atoms with Gasteiger partial charge in [0.2, 0.25) is 0 Å². The van der Waals surface area contributed by atoms with Gasteiger partial charge in [0.05, 0.1) is 30.8 Å². The summed E-state index contributed by atoms with van der Waals surface area (Å²) in [6, 6.07) is 9.37. The zero-order valence-corrected chi connectivity index (χ0v) is 16.1. The van der Waals surface area contributed by atoms with Gasteiger partial charge in [0, 0.05) is 32.7 Å². The highest BCUT2D eigenvalue weighted by molar-refractivity contribution is 6.33. The fourth-order valence-electron chi connectivity index (χ4n) is 3.98. The first-order chi connectivity index (χ1) is 13.2. The molecule has 6 nitrogen and oxygen atoms in total. The number of anilines is 1. The first-order valence-corrected chi connectivity index (χ1v) is 9.98. The molecular weight excluding hydrogens is 364 g/mol. The number of morpholine rings is 1. The first-order valence-electron chi connectivity index (χ1n) is 9.60. The summed E-state index contributed by atoms with van der Waals surface area (Å²) in [5.74, 6) is 0.574. The van der Waals surface area contributed by atoms with E-state index in [9.17, 15) is 4.79 Å². The highest BCUT2D eigenvalue weighted by Gasteiger charge is 2.25. The minimum absolute atomic E-state index is 0.251. The number of piperidine rings is 1. The van der Waals surface area contributed by atoms with E-state index >= 15 is 0 Å². The quantitative estimate of drug-likeness (QED) is 0.805. The summed E-state index contributed by atoms with van der Waals surface area (Å²) >= 11 is 6.48. The van der Waals surface area contributed by atoms with Crippen LogP contribution in [-0.2, 0) is 4.74 Å². The summed E-state index contributed by atoms with van der Waals surface area (Å²) in [4.78, 5) is 17.5. The Labute approximate surface area is 164 Å². The van der Waals surface area contributed by atoms with Gasteiger partial charge in [-0.05, 0) is 30.9 Å². The number of hydrogen-bond acceptors (Lipinski definition) is 5. The highest BCUT2D eigenvalue weighted by Crippen LogP contribution is 2.27. The minimum Gasteiger partial charge on any atom is -0.379 e. The van der Waals surface area contributed by atoms with Crippen LogP contribution in [0.5, 0.6) is 0 Å². The molecule has 0 N–H and O–H groups in total. The molecule has 4 rings (SSSR count). The van der Waals surface area contributed by atoms with E-state index in [1.54, 1.807) is 6.20 Å². The lowest BCUT2D eigenvalue weighted by atomic mass is 9.97. The number of halogens is 1. The van der Waals surface area contributed by atoms with Crippen LogP contribution in [0.15, 0.2) is 41.3 Å². The second kappa shape index (κ2) is 8.42. The van der Waals surface area contributed by atoms with Crippen LogP contribution in [0.2, 0.25) is 5.02 Å². The van der Waals surface area contributed by atoms with Crippen molar-refractivity contribution >= 4 is 17.3 Å². The van der Waals surface area contributed by atoms with Crippen molar-refractivity contribution in [1.29, 1.82) is 0 Å². The average Bonchev–Trinajstić information content (AvgIpc) is 2.72. The molecule has 1 atom stereocenters. The summed E-state index contributed by atoms with van der Waals surface area (Å²) in [7, 11) is 0. The van der Waals surface area contributed by atoms with Crippen molar-refractivity contribution in [2.24, 2.45) is 5.92 Å². The van der Waals surface area contributed by atoms with Crippen LogP contribution in [0.25, 0.3) is 5.69 Å². The predicted molar refractivity (Wildman–Crippen MR) is 107 cm³/mol. The van der Waals surface area contributed by atoms with Crippen molar-refractivity contribution in [2.45, 2.75) is 12.8 Å². The Kier molecular flexibility index (Phi) is 5.76. The van der Waals surface area contributed by atoms with Gasteiger partial charge in [-0.3, -0.25) is 9.69 Å². The van der Waals surface area contributed by atoms with Gasteiger partial charge in [0.15, 0.2) is 0 Å². The number of rotatable bonds is 4. The van der Waals surface area contributed by atoms with E-state index in [1.807, 2.05) is 30.3 Å². The topological polar surface area (TPSA) is 50.6 Å². The van der Waals surface area contributed by atoms with Gasteiger partial charge in [-0.2, -0.15) is 9.78 Å². The molecule has 3 heterocycles.